The Kier molecular flexibility index (Phi) is 5.45. The van der Waals surface area contributed by atoms with Crippen LogP contribution in [0.4, 0.5) is 11.4 Å². The molecule has 22 heavy (non-hydrogen) atoms. The van der Waals surface area contributed by atoms with Gasteiger partial charge in [0.05, 0.1) is 17.3 Å². The van der Waals surface area contributed by atoms with Crippen molar-refractivity contribution in [2.75, 3.05) is 17.2 Å². The molecule has 116 valence electrons. The molecule has 1 amide bonds. The summed E-state index contributed by atoms with van der Waals surface area (Å²) in [6.07, 6.45) is 0.987. The van der Waals surface area contributed by atoms with Gasteiger partial charge < -0.3 is 10.6 Å². The summed E-state index contributed by atoms with van der Waals surface area (Å²) in [7, 11) is 0. The number of carbonyl (C=O) groups excluding carboxylic acids is 1. The van der Waals surface area contributed by atoms with Gasteiger partial charge in [-0.15, -0.1) is 0 Å². The van der Waals surface area contributed by atoms with E-state index >= 15 is 0 Å². The van der Waals surface area contributed by atoms with Crippen LogP contribution in [-0.2, 0) is 11.2 Å². The molecule has 3 nitrogen and oxygen atoms in total. The van der Waals surface area contributed by atoms with Crippen LogP contribution in [0.15, 0.2) is 36.4 Å². The molecule has 0 unspecified atom stereocenters. The molecular formula is C18H21ClN2O. The van der Waals surface area contributed by atoms with E-state index in [2.05, 4.69) is 17.6 Å². The van der Waals surface area contributed by atoms with Crippen molar-refractivity contribution in [2.24, 2.45) is 0 Å². The molecule has 0 atom stereocenters. The summed E-state index contributed by atoms with van der Waals surface area (Å²) in [4.78, 5) is 12.0. The first-order valence-corrected chi connectivity index (χ1v) is 7.76. The topological polar surface area (TPSA) is 41.1 Å². The normalized spacial score (nSPS) is 10.4. The lowest BCUT2D eigenvalue weighted by Gasteiger charge is -2.13. The Morgan fingerprint density at radius 3 is 2.41 bits per heavy atom. The van der Waals surface area contributed by atoms with Crippen molar-refractivity contribution < 1.29 is 4.79 Å². The molecule has 0 spiro atoms. The largest absolute Gasteiger partial charge is 0.375 e. The van der Waals surface area contributed by atoms with Crippen LogP contribution in [0.5, 0.6) is 0 Å². The fourth-order valence-electron chi connectivity index (χ4n) is 2.34. The summed E-state index contributed by atoms with van der Waals surface area (Å²) in [6, 6.07) is 11.8. The van der Waals surface area contributed by atoms with Crippen molar-refractivity contribution in [3.8, 4) is 0 Å². The molecule has 4 heteroatoms. The van der Waals surface area contributed by atoms with E-state index < -0.39 is 0 Å². The van der Waals surface area contributed by atoms with E-state index in [1.54, 1.807) is 0 Å². The summed E-state index contributed by atoms with van der Waals surface area (Å²) in [5.41, 5.74) is 5.00. The SMILES string of the molecule is CCc1ccc(NC(=O)CNc2c(C)cc(C)cc2Cl)cc1. The number of amides is 1. The first-order chi connectivity index (χ1) is 10.5. The highest BCUT2D eigenvalue weighted by atomic mass is 35.5. The average molecular weight is 317 g/mol. The van der Waals surface area contributed by atoms with E-state index in [4.69, 9.17) is 11.6 Å². The molecule has 0 aliphatic heterocycles. The zero-order valence-electron chi connectivity index (χ0n) is 13.2. The second-order valence-corrected chi connectivity index (χ2v) is 5.80. The van der Waals surface area contributed by atoms with E-state index in [1.807, 2.05) is 50.2 Å². The maximum Gasteiger partial charge on any atom is 0.243 e. The van der Waals surface area contributed by atoms with Gasteiger partial charge in [-0.3, -0.25) is 4.79 Å². The van der Waals surface area contributed by atoms with Crippen LogP contribution in [-0.4, -0.2) is 12.5 Å². The van der Waals surface area contributed by atoms with Gasteiger partial charge in [-0.2, -0.15) is 0 Å². The molecule has 2 rings (SSSR count). The van der Waals surface area contributed by atoms with Crippen molar-refractivity contribution in [3.05, 3.63) is 58.1 Å². The predicted molar refractivity (Wildman–Crippen MR) is 93.9 cm³/mol. The monoisotopic (exact) mass is 316 g/mol. The summed E-state index contributed by atoms with van der Waals surface area (Å²) < 4.78 is 0. The first-order valence-electron chi connectivity index (χ1n) is 7.39. The van der Waals surface area contributed by atoms with Crippen molar-refractivity contribution in [1.82, 2.24) is 0 Å². The molecule has 0 aromatic heterocycles. The molecule has 0 fully saturated rings. The summed E-state index contributed by atoms with van der Waals surface area (Å²) in [5.74, 6) is -0.0970. The number of anilines is 2. The number of hydrogen-bond acceptors (Lipinski definition) is 2. The van der Waals surface area contributed by atoms with E-state index in [-0.39, 0.29) is 12.5 Å². The third-order valence-electron chi connectivity index (χ3n) is 3.50. The molecule has 0 aliphatic rings. The van der Waals surface area contributed by atoms with Gasteiger partial charge >= 0.3 is 0 Å². The van der Waals surface area contributed by atoms with Gasteiger partial charge in [0.25, 0.3) is 0 Å². The van der Waals surface area contributed by atoms with Crippen molar-refractivity contribution in [3.63, 3.8) is 0 Å². The minimum Gasteiger partial charge on any atom is -0.375 e. The zero-order chi connectivity index (χ0) is 16.1. The number of halogens is 1. The lowest BCUT2D eigenvalue weighted by Crippen LogP contribution is -2.22. The Morgan fingerprint density at radius 2 is 1.82 bits per heavy atom. The number of rotatable bonds is 5. The minimum atomic E-state index is -0.0970. The second kappa shape index (κ2) is 7.32. The molecule has 0 bridgehead atoms. The third kappa shape index (κ3) is 4.25. The Hall–Kier alpha value is -2.00. The molecule has 0 heterocycles. The Balaban J connectivity index is 1.95. The van der Waals surface area contributed by atoms with Gasteiger partial charge in [-0.25, -0.2) is 0 Å². The van der Waals surface area contributed by atoms with E-state index in [0.717, 1.165) is 28.9 Å². The summed E-state index contributed by atoms with van der Waals surface area (Å²) in [5, 5.41) is 6.61. The zero-order valence-corrected chi connectivity index (χ0v) is 13.9. The Bertz CT molecular complexity index is 642. The van der Waals surface area contributed by atoms with Gasteiger partial charge in [0.2, 0.25) is 5.91 Å². The fraction of sp³-hybridized carbons (Fsp3) is 0.278. The molecule has 2 aromatic rings. The fourth-order valence-corrected chi connectivity index (χ4v) is 2.73. The first kappa shape index (κ1) is 16.4. The minimum absolute atomic E-state index is 0.0970. The number of carbonyl (C=O) groups is 1. The average Bonchev–Trinajstić information content (AvgIpc) is 2.47. The molecule has 0 radical (unpaired) electrons. The van der Waals surface area contributed by atoms with Crippen LogP contribution in [0.25, 0.3) is 0 Å². The Morgan fingerprint density at radius 1 is 1.14 bits per heavy atom. The quantitative estimate of drug-likeness (QED) is 0.848. The summed E-state index contributed by atoms with van der Waals surface area (Å²) >= 11 is 6.22. The van der Waals surface area contributed by atoms with Crippen LogP contribution >= 0.6 is 11.6 Å². The highest BCUT2D eigenvalue weighted by Gasteiger charge is 2.08. The van der Waals surface area contributed by atoms with E-state index in [0.29, 0.717) is 5.02 Å². The lowest BCUT2D eigenvalue weighted by atomic mass is 10.1. The third-order valence-corrected chi connectivity index (χ3v) is 3.80. The van der Waals surface area contributed by atoms with Gasteiger partial charge in [0, 0.05) is 5.69 Å². The lowest BCUT2D eigenvalue weighted by molar-refractivity contribution is -0.114. The number of benzene rings is 2. The van der Waals surface area contributed by atoms with Crippen molar-refractivity contribution in [2.45, 2.75) is 27.2 Å². The molecule has 2 N–H and O–H groups in total. The number of nitrogens with one attached hydrogen (secondary N) is 2. The molecule has 0 saturated carbocycles. The van der Waals surface area contributed by atoms with Crippen LogP contribution in [0.3, 0.4) is 0 Å². The maximum atomic E-state index is 12.0. The highest BCUT2D eigenvalue weighted by Crippen LogP contribution is 2.27. The van der Waals surface area contributed by atoms with Crippen molar-refractivity contribution in [1.29, 1.82) is 0 Å². The summed E-state index contributed by atoms with van der Waals surface area (Å²) in [6.45, 7) is 6.25. The van der Waals surface area contributed by atoms with Crippen LogP contribution in [0.1, 0.15) is 23.6 Å². The van der Waals surface area contributed by atoms with Gasteiger partial charge in [-0.05, 0) is 55.2 Å². The van der Waals surface area contributed by atoms with E-state index in [9.17, 15) is 4.79 Å². The van der Waals surface area contributed by atoms with Crippen LogP contribution in [0.2, 0.25) is 5.02 Å². The molecule has 2 aromatic carbocycles. The number of aryl methyl sites for hydroxylation is 3. The second-order valence-electron chi connectivity index (χ2n) is 5.39. The molecular weight excluding hydrogens is 296 g/mol. The standard InChI is InChI=1S/C18H21ClN2O/c1-4-14-5-7-15(8-6-14)21-17(22)11-20-18-13(3)9-12(2)10-16(18)19/h5-10,20H,4,11H2,1-3H3,(H,21,22). The molecule has 0 aliphatic carbocycles. The van der Waals surface area contributed by atoms with Crippen LogP contribution < -0.4 is 10.6 Å². The van der Waals surface area contributed by atoms with Gasteiger partial charge in [0.15, 0.2) is 0 Å². The van der Waals surface area contributed by atoms with E-state index in [1.165, 1.54) is 5.56 Å². The number of hydrogen-bond donors (Lipinski definition) is 2. The van der Waals surface area contributed by atoms with Gasteiger partial charge in [0.1, 0.15) is 0 Å². The highest BCUT2D eigenvalue weighted by molar-refractivity contribution is 6.33. The molecule has 0 saturated heterocycles. The Labute approximate surface area is 136 Å². The predicted octanol–water partition coefficient (Wildman–Crippen LogP) is 4.57. The van der Waals surface area contributed by atoms with Crippen molar-refractivity contribution >= 4 is 28.9 Å². The van der Waals surface area contributed by atoms with Crippen LogP contribution in [0, 0.1) is 13.8 Å². The smallest absolute Gasteiger partial charge is 0.243 e. The maximum absolute atomic E-state index is 12.0. The van der Waals surface area contributed by atoms with Gasteiger partial charge in [-0.1, -0.05) is 36.7 Å².